The quantitative estimate of drug-likeness (QED) is 0.633. The molecule has 0 fully saturated rings. The Morgan fingerprint density at radius 3 is 2.48 bits per heavy atom. The normalized spacial score (nSPS) is 14.2. The summed E-state index contributed by atoms with van der Waals surface area (Å²) < 4.78 is 5.72. The number of carboxylic acids is 1. The van der Waals surface area contributed by atoms with Crippen LogP contribution in [0.25, 0.3) is 0 Å². The lowest BCUT2D eigenvalue weighted by Crippen LogP contribution is -2.32. The Kier molecular flexibility index (Phi) is 7.82. The summed E-state index contributed by atoms with van der Waals surface area (Å²) in [5, 5.41) is 9.52. The number of nitrogens with two attached hydrogens (primary N) is 1. The van der Waals surface area contributed by atoms with Gasteiger partial charge in [-0.15, -0.1) is 0 Å². The van der Waals surface area contributed by atoms with E-state index in [4.69, 9.17) is 27.2 Å². The molecule has 2 unspecified atom stereocenters. The first-order chi connectivity index (χ1) is 12.8. The number of aliphatic carboxylic acids is 1. The second-order valence-corrected chi connectivity index (χ2v) is 7.15. The summed E-state index contributed by atoms with van der Waals surface area (Å²) in [4.78, 5) is 23.3. The highest BCUT2D eigenvalue weighted by atomic mass is 35.5. The number of halogens is 1. The first-order valence-electron chi connectivity index (χ1n) is 8.82. The molecule has 144 valence electrons. The third-order valence-electron chi connectivity index (χ3n) is 4.24. The van der Waals surface area contributed by atoms with Crippen LogP contribution in [-0.4, -0.2) is 23.1 Å². The molecule has 0 amide bonds. The minimum atomic E-state index is -1.07. The Balaban J connectivity index is 2.05. The van der Waals surface area contributed by atoms with E-state index in [9.17, 15) is 9.59 Å². The third kappa shape index (κ3) is 7.04. The van der Waals surface area contributed by atoms with Crippen molar-refractivity contribution in [2.24, 2.45) is 11.7 Å². The van der Waals surface area contributed by atoms with Gasteiger partial charge in [0.05, 0.1) is 0 Å². The molecule has 27 heavy (non-hydrogen) atoms. The van der Waals surface area contributed by atoms with Crippen LogP contribution in [0.15, 0.2) is 54.6 Å². The predicted molar refractivity (Wildman–Crippen MR) is 104 cm³/mol. The minimum Gasteiger partial charge on any atom is -0.480 e. The summed E-state index contributed by atoms with van der Waals surface area (Å²) in [5.74, 6) is -1.64. The molecule has 3 N–H and O–H groups in total. The van der Waals surface area contributed by atoms with E-state index in [-0.39, 0.29) is 24.7 Å². The molecule has 2 rings (SSSR count). The molecule has 2 aromatic carbocycles. The third-order valence-corrected chi connectivity index (χ3v) is 4.48. The van der Waals surface area contributed by atoms with Gasteiger partial charge in [0.15, 0.2) is 0 Å². The first-order valence-corrected chi connectivity index (χ1v) is 9.20. The van der Waals surface area contributed by atoms with Crippen LogP contribution >= 0.6 is 11.6 Å². The molecule has 3 atom stereocenters. The van der Waals surface area contributed by atoms with Crippen LogP contribution in [-0.2, 0) is 20.7 Å². The number of carbonyl (C=O) groups excluding carboxylic acids is 1. The van der Waals surface area contributed by atoms with Gasteiger partial charge in [-0.3, -0.25) is 9.59 Å². The highest BCUT2D eigenvalue weighted by Gasteiger charge is 2.22. The smallest absolute Gasteiger partial charge is 0.320 e. The molecule has 0 aliphatic heterocycles. The van der Waals surface area contributed by atoms with Gasteiger partial charge in [0, 0.05) is 17.9 Å². The van der Waals surface area contributed by atoms with Gasteiger partial charge in [-0.05, 0) is 35.6 Å². The van der Waals surface area contributed by atoms with Crippen molar-refractivity contribution >= 4 is 23.5 Å². The average molecular weight is 390 g/mol. The second-order valence-electron chi connectivity index (χ2n) is 6.71. The predicted octanol–water partition coefficient (Wildman–Crippen LogP) is 4.00. The molecule has 0 aliphatic carbocycles. The van der Waals surface area contributed by atoms with E-state index in [0.717, 1.165) is 11.1 Å². The SMILES string of the molecule is CC(CC(=O)OC(Cc1cccc(Cl)c1)c1ccccc1)C[C@H](N)C(=O)O. The summed E-state index contributed by atoms with van der Waals surface area (Å²) in [6, 6.07) is 16.0. The van der Waals surface area contributed by atoms with Crippen LogP contribution in [0.2, 0.25) is 5.02 Å². The van der Waals surface area contributed by atoms with E-state index >= 15 is 0 Å². The van der Waals surface area contributed by atoms with Gasteiger partial charge >= 0.3 is 11.9 Å². The average Bonchev–Trinajstić information content (AvgIpc) is 2.61. The molecule has 2 aromatic rings. The van der Waals surface area contributed by atoms with Crippen molar-refractivity contribution in [1.29, 1.82) is 0 Å². The summed E-state index contributed by atoms with van der Waals surface area (Å²) in [6.45, 7) is 1.79. The fourth-order valence-electron chi connectivity index (χ4n) is 2.88. The van der Waals surface area contributed by atoms with E-state index in [1.807, 2.05) is 48.5 Å². The molecular formula is C21H24ClNO4. The Morgan fingerprint density at radius 1 is 1.15 bits per heavy atom. The van der Waals surface area contributed by atoms with Crippen molar-refractivity contribution < 1.29 is 19.4 Å². The molecule has 0 radical (unpaired) electrons. The fraction of sp³-hybridized carbons (Fsp3) is 0.333. The van der Waals surface area contributed by atoms with E-state index < -0.39 is 18.1 Å². The zero-order valence-electron chi connectivity index (χ0n) is 15.2. The molecule has 0 saturated carbocycles. The minimum absolute atomic E-state index is 0.111. The highest BCUT2D eigenvalue weighted by Crippen LogP contribution is 2.25. The molecular weight excluding hydrogens is 366 g/mol. The largest absolute Gasteiger partial charge is 0.480 e. The Bertz CT molecular complexity index is 766. The molecule has 0 heterocycles. The van der Waals surface area contributed by atoms with Crippen LogP contribution in [0, 0.1) is 5.92 Å². The van der Waals surface area contributed by atoms with Crippen LogP contribution < -0.4 is 5.73 Å². The number of rotatable bonds is 9. The number of hydrogen-bond donors (Lipinski definition) is 2. The molecule has 0 aromatic heterocycles. The van der Waals surface area contributed by atoms with Crippen LogP contribution in [0.3, 0.4) is 0 Å². The highest BCUT2D eigenvalue weighted by molar-refractivity contribution is 6.30. The maximum absolute atomic E-state index is 12.4. The van der Waals surface area contributed by atoms with E-state index in [0.29, 0.717) is 11.4 Å². The second kappa shape index (κ2) is 10.1. The van der Waals surface area contributed by atoms with Crippen molar-refractivity contribution in [3.63, 3.8) is 0 Å². The van der Waals surface area contributed by atoms with Crippen LogP contribution in [0.1, 0.15) is 37.0 Å². The van der Waals surface area contributed by atoms with E-state index in [1.54, 1.807) is 13.0 Å². The van der Waals surface area contributed by atoms with Gasteiger partial charge in [0.25, 0.3) is 0 Å². The zero-order valence-corrected chi connectivity index (χ0v) is 15.9. The standard InChI is InChI=1S/C21H24ClNO4/c1-14(10-18(23)21(25)26)11-20(24)27-19(16-7-3-2-4-8-16)13-15-6-5-9-17(22)12-15/h2-9,12,14,18-19H,10-11,13,23H2,1H3,(H,25,26)/t14?,18-,19?/m0/s1. The number of hydrogen-bond acceptors (Lipinski definition) is 4. The maximum Gasteiger partial charge on any atom is 0.320 e. The summed E-state index contributed by atoms with van der Waals surface area (Å²) >= 11 is 6.06. The molecule has 0 aliphatic rings. The molecule has 5 nitrogen and oxygen atoms in total. The van der Waals surface area contributed by atoms with Gasteiger partial charge in [-0.25, -0.2) is 0 Å². The van der Waals surface area contributed by atoms with Crippen molar-refractivity contribution in [3.05, 3.63) is 70.7 Å². The van der Waals surface area contributed by atoms with Gasteiger partial charge in [0.1, 0.15) is 12.1 Å². The fourth-order valence-corrected chi connectivity index (χ4v) is 3.10. The molecule has 0 spiro atoms. The number of ether oxygens (including phenoxy) is 1. The summed E-state index contributed by atoms with van der Waals surface area (Å²) in [7, 11) is 0. The van der Waals surface area contributed by atoms with Crippen molar-refractivity contribution in [2.45, 2.75) is 38.3 Å². The number of carbonyl (C=O) groups is 2. The van der Waals surface area contributed by atoms with Gasteiger partial charge in [0.2, 0.25) is 0 Å². The van der Waals surface area contributed by atoms with Gasteiger partial charge in [-0.2, -0.15) is 0 Å². The van der Waals surface area contributed by atoms with Gasteiger partial charge < -0.3 is 15.6 Å². The van der Waals surface area contributed by atoms with E-state index in [1.165, 1.54) is 0 Å². The van der Waals surface area contributed by atoms with Crippen molar-refractivity contribution in [3.8, 4) is 0 Å². The monoisotopic (exact) mass is 389 g/mol. The molecule has 0 saturated heterocycles. The molecule has 0 bridgehead atoms. The number of esters is 1. The van der Waals surface area contributed by atoms with Crippen molar-refractivity contribution in [1.82, 2.24) is 0 Å². The zero-order chi connectivity index (χ0) is 19.8. The van der Waals surface area contributed by atoms with E-state index in [2.05, 4.69) is 0 Å². The topological polar surface area (TPSA) is 89.6 Å². The van der Waals surface area contributed by atoms with Crippen LogP contribution in [0.4, 0.5) is 0 Å². The summed E-state index contributed by atoms with van der Waals surface area (Å²) in [6.07, 6.45) is 0.381. The molecule has 6 heteroatoms. The Hall–Kier alpha value is -2.37. The Morgan fingerprint density at radius 2 is 1.85 bits per heavy atom. The van der Waals surface area contributed by atoms with Crippen molar-refractivity contribution in [2.75, 3.05) is 0 Å². The lowest BCUT2D eigenvalue weighted by Gasteiger charge is -2.20. The first kappa shape index (κ1) is 20.9. The lowest BCUT2D eigenvalue weighted by molar-refractivity contribution is -0.151. The maximum atomic E-state index is 12.4. The Labute approximate surface area is 164 Å². The lowest BCUT2D eigenvalue weighted by atomic mass is 9.98. The van der Waals surface area contributed by atoms with Crippen LogP contribution in [0.5, 0.6) is 0 Å². The van der Waals surface area contributed by atoms with Gasteiger partial charge in [-0.1, -0.05) is 61.0 Å². The number of carboxylic acid groups (broad SMARTS) is 1. The number of benzene rings is 2. The summed E-state index contributed by atoms with van der Waals surface area (Å²) in [5.41, 5.74) is 7.39.